The predicted octanol–water partition coefficient (Wildman–Crippen LogP) is -0.436. The van der Waals surface area contributed by atoms with Gasteiger partial charge in [-0.1, -0.05) is 12.2 Å². The molecule has 4 nitrogen and oxygen atoms in total. The predicted molar refractivity (Wildman–Crippen MR) is 43.3 cm³/mol. The molecule has 0 aliphatic carbocycles. The molecule has 0 aromatic rings. The fraction of sp³-hybridized carbons (Fsp3) is 0.571. The van der Waals surface area contributed by atoms with Crippen LogP contribution in [0.3, 0.4) is 0 Å². The Hall–Kier alpha value is -0.870. The van der Waals surface area contributed by atoms with Crippen molar-refractivity contribution in [1.29, 1.82) is 0 Å². The maximum Gasteiger partial charge on any atom is 0.322 e. The second kappa shape index (κ2) is 4.87. The van der Waals surface area contributed by atoms with Gasteiger partial charge in [0.1, 0.15) is 6.04 Å². The summed E-state index contributed by atoms with van der Waals surface area (Å²) in [4.78, 5) is 10.4. The molecule has 0 heterocycles. The second-order valence-electron chi connectivity index (χ2n) is 2.46. The van der Waals surface area contributed by atoms with Crippen molar-refractivity contribution in [2.45, 2.75) is 13.0 Å². The first kappa shape index (κ1) is 10.1. The highest BCUT2D eigenvalue weighted by atomic mass is 16.4. The van der Waals surface area contributed by atoms with Crippen molar-refractivity contribution in [2.24, 2.45) is 5.73 Å². The highest BCUT2D eigenvalue weighted by molar-refractivity contribution is 5.73. The average molecular weight is 158 g/mol. The van der Waals surface area contributed by atoms with Crippen LogP contribution in [0.4, 0.5) is 0 Å². The molecule has 0 amide bonds. The minimum Gasteiger partial charge on any atom is -0.480 e. The summed E-state index contributed by atoms with van der Waals surface area (Å²) in [6, 6.07) is -0.660. The van der Waals surface area contributed by atoms with Gasteiger partial charge in [-0.2, -0.15) is 0 Å². The lowest BCUT2D eigenvalue weighted by molar-refractivity contribution is -0.139. The van der Waals surface area contributed by atoms with Crippen molar-refractivity contribution in [3.05, 3.63) is 12.2 Å². The summed E-state index contributed by atoms with van der Waals surface area (Å²) < 4.78 is 0. The van der Waals surface area contributed by atoms with Crippen LogP contribution in [-0.2, 0) is 4.79 Å². The smallest absolute Gasteiger partial charge is 0.322 e. The van der Waals surface area contributed by atoms with Crippen LogP contribution in [0.2, 0.25) is 0 Å². The lowest BCUT2D eigenvalue weighted by Gasteiger charge is -2.10. The van der Waals surface area contributed by atoms with Crippen LogP contribution in [0.5, 0.6) is 0 Å². The van der Waals surface area contributed by atoms with Gasteiger partial charge in [-0.05, 0) is 6.92 Å². The van der Waals surface area contributed by atoms with Crippen molar-refractivity contribution in [3.63, 3.8) is 0 Å². The van der Waals surface area contributed by atoms with Crippen LogP contribution < -0.4 is 11.1 Å². The van der Waals surface area contributed by atoms with Gasteiger partial charge in [0.25, 0.3) is 0 Å². The zero-order valence-electron chi connectivity index (χ0n) is 6.63. The van der Waals surface area contributed by atoms with E-state index in [0.717, 1.165) is 5.57 Å². The van der Waals surface area contributed by atoms with Gasteiger partial charge in [-0.15, -0.1) is 0 Å². The molecule has 0 radical (unpaired) electrons. The molecule has 4 N–H and O–H groups in total. The van der Waals surface area contributed by atoms with Crippen LogP contribution in [-0.4, -0.2) is 30.2 Å². The maximum absolute atomic E-state index is 10.4. The number of carboxylic acids is 1. The molecule has 1 atom stereocenters. The Morgan fingerprint density at radius 2 is 2.36 bits per heavy atom. The maximum atomic E-state index is 10.4. The second-order valence-corrected chi connectivity index (χ2v) is 2.46. The Kier molecular flexibility index (Phi) is 4.49. The molecule has 0 fully saturated rings. The summed E-state index contributed by atoms with van der Waals surface area (Å²) >= 11 is 0. The molecule has 64 valence electrons. The monoisotopic (exact) mass is 158 g/mol. The lowest BCUT2D eigenvalue weighted by Crippen LogP contribution is -2.43. The standard InChI is InChI=1S/C7H14N2O2/c1-5(2)4-9-6(3-8)7(10)11/h6,9H,1,3-4,8H2,2H3,(H,10,11). The van der Waals surface area contributed by atoms with Gasteiger partial charge in [0.2, 0.25) is 0 Å². The summed E-state index contributed by atoms with van der Waals surface area (Å²) in [6.45, 7) is 6.04. The molecule has 0 bridgehead atoms. The fourth-order valence-corrected chi connectivity index (χ4v) is 0.569. The molecule has 0 aliphatic rings. The highest BCUT2D eigenvalue weighted by Gasteiger charge is 2.12. The van der Waals surface area contributed by atoms with E-state index in [1.54, 1.807) is 0 Å². The topological polar surface area (TPSA) is 75.3 Å². The zero-order chi connectivity index (χ0) is 8.85. The van der Waals surface area contributed by atoms with Crippen molar-refractivity contribution in [1.82, 2.24) is 5.32 Å². The summed E-state index contributed by atoms with van der Waals surface area (Å²) in [5, 5.41) is 11.3. The number of aliphatic carboxylic acids is 1. The molecular weight excluding hydrogens is 144 g/mol. The summed E-state index contributed by atoms with van der Waals surface area (Å²) in [6.07, 6.45) is 0. The zero-order valence-corrected chi connectivity index (χ0v) is 6.63. The summed E-state index contributed by atoms with van der Waals surface area (Å²) in [5.41, 5.74) is 6.08. The molecule has 11 heavy (non-hydrogen) atoms. The van der Waals surface area contributed by atoms with Crippen LogP contribution in [0.15, 0.2) is 12.2 Å². The van der Waals surface area contributed by atoms with Crippen molar-refractivity contribution in [3.8, 4) is 0 Å². The Morgan fingerprint density at radius 1 is 1.82 bits per heavy atom. The van der Waals surface area contributed by atoms with Crippen LogP contribution in [0.1, 0.15) is 6.92 Å². The van der Waals surface area contributed by atoms with E-state index in [9.17, 15) is 4.79 Å². The SMILES string of the molecule is C=C(C)CNC(CN)C(=O)O. The van der Waals surface area contributed by atoms with Crippen molar-refractivity contribution < 1.29 is 9.90 Å². The van der Waals surface area contributed by atoms with E-state index in [4.69, 9.17) is 10.8 Å². The van der Waals surface area contributed by atoms with Gasteiger partial charge in [-0.25, -0.2) is 0 Å². The quantitative estimate of drug-likeness (QED) is 0.474. The molecule has 1 unspecified atom stereocenters. The van der Waals surface area contributed by atoms with Gasteiger partial charge < -0.3 is 10.8 Å². The van der Waals surface area contributed by atoms with E-state index in [1.165, 1.54) is 0 Å². The van der Waals surface area contributed by atoms with Gasteiger partial charge >= 0.3 is 5.97 Å². The minimum atomic E-state index is -0.922. The molecule has 0 aromatic carbocycles. The fourth-order valence-electron chi connectivity index (χ4n) is 0.569. The molecule has 4 heteroatoms. The Labute approximate surface area is 66.1 Å². The van der Waals surface area contributed by atoms with Gasteiger partial charge in [-0.3, -0.25) is 10.1 Å². The van der Waals surface area contributed by atoms with E-state index < -0.39 is 12.0 Å². The third-order valence-corrected chi connectivity index (χ3v) is 1.18. The molecule has 0 rings (SSSR count). The van der Waals surface area contributed by atoms with Crippen molar-refractivity contribution >= 4 is 5.97 Å². The average Bonchev–Trinajstić information content (AvgIpc) is 1.87. The van der Waals surface area contributed by atoms with Crippen LogP contribution in [0, 0.1) is 0 Å². The van der Waals surface area contributed by atoms with E-state index in [-0.39, 0.29) is 6.54 Å². The Morgan fingerprint density at radius 3 is 2.64 bits per heavy atom. The number of carboxylic acid groups (broad SMARTS) is 1. The van der Waals surface area contributed by atoms with Crippen LogP contribution >= 0.6 is 0 Å². The van der Waals surface area contributed by atoms with E-state index in [2.05, 4.69) is 11.9 Å². The molecule has 0 saturated heterocycles. The van der Waals surface area contributed by atoms with E-state index >= 15 is 0 Å². The molecule has 0 aromatic heterocycles. The number of hydrogen-bond acceptors (Lipinski definition) is 3. The van der Waals surface area contributed by atoms with E-state index in [0.29, 0.717) is 6.54 Å². The summed E-state index contributed by atoms with van der Waals surface area (Å²) in [5.74, 6) is -0.922. The number of carbonyl (C=O) groups is 1. The molecular formula is C7H14N2O2. The van der Waals surface area contributed by atoms with Crippen LogP contribution in [0.25, 0.3) is 0 Å². The Balaban J connectivity index is 3.70. The number of nitrogens with two attached hydrogens (primary N) is 1. The molecule has 0 spiro atoms. The summed E-state index contributed by atoms with van der Waals surface area (Å²) in [7, 11) is 0. The molecule has 0 saturated carbocycles. The third kappa shape index (κ3) is 4.52. The van der Waals surface area contributed by atoms with E-state index in [1.807, 2.05) is 6.92 Å². The first-order valence-electron chi connectivity index (χ1n) is 3.38. The van der Waals surface area contributed by atoms with Gasteiger partial charge in [0.15, 0.2) is 0 Å². The minimum absolute atomic E-state index is 0.0998. The normalized spacial score (nSPS) is 12.5. The first-order chi connectivity index (χ1) is 5.07. The highest BCUT2D eigenvalue weighted by Crippen LogP contribution is 1.85. The van der Waals surface area contributed by atoms with Gasteiger partial charge in [0, 0.05) is 13.1 Å². The molecule has 0 aliphatic heterocycles. The number of hydrogen-bond donors (Lipinski definition) is 3. The first-order valence-corrected chi connectivity index (χ1v) is 3.38. The Bertz CT molecular complexity index is 157. The van der Waals surface area contributed by atoms with Crippen molar-refractivity contribution in [2.75, 3.05) is 13.1 Å². The van der Waals surface area contributed by atoms with Gasteiger partial charge in [0.05, 0.1) is 0 Å². The lowest BCUT2D eigenvalue weighted by atomic mass is 10.2. The third-order valence-electron chi connectivity index (χ3n) is 1.18. The number of rotatable bonds is 5. The largest absolute Gasteiger partial charge is 0.480 e. The number of nitrogens with one attached hydrogen (secondary N) is 1.